The van der Waals surface area contributed by atoms with E-state index in [1.165, 1.54) is 0 Å². The highest BCUT2D eigenvalue weighted by molar-refractivity contribution is 6.30. The zero-order valence-electron chi connectivity index (χ0n) is 16.8. The number of hydrogen-bond donors (Lipinski definition) is 1. The first kappa shape index (κ1) is 20.4. The van der Waals surface area contributed by atoms with E-state index in [-0.39, 0.29) is 17.1 Å². The average molecular weight is 401 g/mol. The highest BCUT2D eigenvalue weighted by Gasteiger charge is 2.47. The van der Waals surface area contributed by atoms with E-state index >= 15 is 0 Å². The van der Waals surface area contributed by atoms with Crippen LogP contribution in [0.2, 0.25) is 5.02 Å². The molecule has 28 heavy (non-hydrogen) atoms. The Hall–Kier alpha value is -2.30. The molecule has 148 valence electrons. The molecular formula is C23H25ClO4. The number of hydrogen-bond acceptors (Lipinski definition) is 4. The van der Waals surface area contributed by atoms with Crippen molar-refractivity contribution in [3.63, 3.8) is 0 Å². The van der Waals surface area contributed by atoms with Crippen molar-refractivity contribution < 1.29 is 19.4 Å². The lowest BCUT2D eigenvalue weighted by Gasteiger charge is -2.40. The van der Waals surface area contributed by atoms with Crippen LogP contribution >= 0.6 is 11.6 Å². The minimum Gasteiger partial charge on any atom is -0.508 e. The topological polar surface area (TPSA) is 55.8 Å². The van der Waals surface area contributed by atoms with E-state index in [9.17, 15) is 9.90 Å². The van der Waals surface area contributed by atoms with E-state index < -0.39 is 11.2 Å². The zero-order chi connectivity index (χ0) is 20.7. The lowest BCUT2D eigenvalue weighted by atomic mass is 9.82. The Morgan fingerprint density at radius 3 is 2.21 bits per heavy atom. The van der Waals surface area contributed by atoms with E-state index in [1.54, 1.807) is 27.7 Å². The summed E-state index contributed by atoms with van der Waals surface area (Å²) in [4.78, 5) is 13.2. The maximum absolute atomic E-state index is 13.2. The van der Waals surface area contributed by atoms with Gasteiger partial charge in [0.05, 0.1) is 12.2 Å². The first-order valence-corrected chi connectivity index (χ1v) is 9.66. The van der Waals surface area contributed by atoms with Gasteiger partial charge in [0.15, 0.2) is 5.78 Å². The van der Waals surface area contributed by atoms with Crippen molar-refractivity contribution in [3.8, 4) is 16.9 Å². The number of aliphatic hydroxyl groups excluding tert-OH is 1. The predicted octanol–water partition coefficient (Wildman–Crippen LogP) is 5.83. The highest BCUT2D eigenvalue weighted by Crippen LogP contribution is 2.43. The molecule has 0 saturated carbocycles. The van der Waals surface area contributed by atoms with Crippen LogP contribution in [0.25, 0.3) is 16.7 Å². The predicted molar refractivity (Wildman–Crippen MR) is 112 cm³/mol. The third-order valence-electron chi connectivity index (χ3n) is 4.82. The lowest BCUT2D eigenvalue weighted by molar-refractivity contribution is -0.158. The Labute approximate surface area is 170 Å². The second-order valence-corrected chi connectivity index (χ2v) is 8.26. The van der Waals surface area contributed by atoms with Crippen LogP contribution in [0.15, 0.2) is 48.2 Å². The molecule has 0 fully saturated rings. The maximum atomic E-state index is 13.2. The molecule has 2 aromatic carbocycles. The summed E-state index contributed by atoms with van der Waals surface area (Å²) in [6, 6.07) is 13.1. The monoisotopic (exact) mass is 400 g/mol. The van der Waals surface area contributed by atoms with E-state index in [0.717, 1.165) is 11.1 Å². The number of ether oxygens (including phenoxy) is 2. The fourth-order valence-corrected chi connectivity index (χ4v) is 3.65. The lowest BCUT2D eigenvalue weighted by Crippen LogP contribution is -2.49. The Bertz CT molecular complexity index is 940. The van der Waals surface area contributed by atoms with Crippen LogP contribution in [0.5, 0.6) is 5.75 Å². The van der Waals surface area contributed by atoms with Gasteiger partial charge in [0.25, 0.3) is 0 Å². The van der Waals surface area contributed by atoms with Crippen molar-refractivity contribution in [1.29, 1.82) is 0 Å². The molecule has 0 bridgehead atoms. The van der Waals surface area contributed by atoms with Gasteiger partial charge in [0.2, 0.25) is 0 Å². The maximum Gasteiger partial charge on any atom is 0.198 e. The van der Waals surface area contributed by atoms with Crippen LogP contribution in [-0.4, -0.2) is 28.7 Å². The van der Waals surface area contributed by atoms with Gasteiger partial charge in [0, 0.05) is 10.6 Å². The van der Waals surface area contributed by atoms with Crippen molar-refractivity contribution >= 4 is 23.0 Å². The third-order valence-corrected chi connectivity index (χ3v) is 5.07. The van der Waals surface area contributed by atoms with Crippen molar-refractivity contribution in [2.75, 3.05) is 6.61 Å². The van der Waals surface area contributed by atoms with Crippen molar-refractivity contribution in [2.24, 2.45) is 0 Å². The fourth-order valence-electron chi connectivity index (χ4n) is 3.52. The summed E-state index contributed by atoms with van der Waals surface area (Å²) in [6.07, 6.45) is 0. The quantitative estimate of drug-likeness (QED) is 0.701. The number of benzene rings is 2. The number of carbonyl (C=O) groups is 1. The van der Waals surface area contributed by atoms with E-state index in [2.05, 4.69) is 0 Å². The van der Waals surface area contributed by atoms with Gasteiger partial charge in [-0.05, 0) is 70.0 Å². The molecule has 0 saturated heterocycles. The number of aliphatic hydroxyl groups is 1. The number of ketones is 1. The largest absolute Gasteiger partial charge is 0.508 e. The molecule has 1 aliphatic rings. The molecule has 5 heteroatoms. The van der Waals surface area contributed by atoms with Gasteiger partial charge >= 0.3 is 0 Å². The molecule has 1 aliphatic heterocycles. The minimum atomic E-state index is -1.06. The van der Waals surface area contributed by atoms with Gasteiger partial charge in [-0.1, -0.05) is 29.8 Å². The van der Waals surface area contributed by atoms with E-state index in [0.29, 0.717) is 22.9 Å². The van der Waals surface area contributed by atoms with Gasteiger partial charge in [-0.2, -0.15) is 0 Å². The Morgan fingerprint density at radius 1 is 1.00 bits per heavy atom. The van der Waals surface area contributed by atoms with Crippen molar-refractivity contribution in [1.82, 2.24) is 0 Å². The van der Waals surface area contributed by atoms with E-state index in [4.69, 9.17) is 21.1 Å². The summed E-state index contributed by atoms with van der Waals surface area (Å²) in [7, 11) is 0. The Balaban J connectivity index is 2.24. The van der Waals surface area contributed by atoms with Gasteiger partial charge in [-0.15, -0.1) is 0 Å². The number of halogens is 1. The third kappa shape index (κ3) is 3.67. The normalized spacial score (nSPS) is 18.3. The van der Waals surface area contributed by atoms with Crippen LogP contribution < -0.4 is 4.74 Å². The molecule has 0 amide bonds. The van der Waals surface area contributed by atoms with Crippen molar-refractivity contribution in [2.45, 2.75) is 45.8 Å². The summed E-state index contributed by atoms with van der Waals surface area (Å²) < 4.78 is 11.6. The molecule has 1 N–H and O–H groups in total. The van der Waals surface area contributed by atoms with Gasteiger partial charge in [-0.25, -0.2) is 0 Å². The standard InChI is InChI=1S/C23H25ClO4/c1-6-27-18-12-9-15(14-7-10-16(24)11-8-14)13-17(18)19-20(25)22(2,3)28-23(4,5)21(19)26/h7-13,25H,6H2,1-5H3. The molecular weight excluding hydrogens is 376 g/mol. The second kappa shape index (κ2) is 7.26. The summed E-state index contributed by atoms with van der Waals surface area (Å²) >= 11 is 6.00. The van der Waals surface area contributed by atoms with Gasteiger partial charge in [-0.3, -0.25) is 4.79 Å². The molecule has 3 rings (SSSR count). The molecule has 4 nitrogen and oxygen atoms in total. The molecule has 2 aromatic rings. The first-order valence-electron chi connectivity index (χ1n) is 9.28. The SMILES string of the molecule is CCOc1ccc(-c2ccc(Cl)cc2)cc1C1=C(O)C(C)(C)OC(C)(C)C1=O. The molecule has 0 aliphatic carbocycles. The fraction of sp³-hybridized carbons (Fsp3) is 0.348. The average Bonchev–Trinajstić information content (AvgIpc) is 2.62. The molecule has 0 spiro atoms. The number of Topliss-reactive ketones (excluding diaryl/α,β-unsaturated/α-hetero) is 1. The molecule has 0 unspecified atom stereocenters. The van der Waals surface area contributed by atoms with Crippen LogP contribution in [0.1, 0.15) is 40.2 Å². The van der Waals surface area contributed by atoms with Crippen LogP contribution in [0, 0.1) is 0 Å². The second-order valence-electron chi connectivity index (χ2n) is 7.83. The zero-order valence-corrected chi connectivity index (χ0v) is 17.6. The highest BCUT2D eigenvalue weighted by atomic mass is 35.5. The Morgan fingerprint density at radius 2 is 1.61 bits per heavy atom. The summed E-state index contributed by atoms with van der Waals surface area (Å²) in [5.74, 6) is 0.174. The number of carbonyl (C=O) groups excluding carboxylic acids is 1. The van der Waals surface area contributed by atoms with Gasteiger partial charge in [0.1, 0.15) is 22.7 Å². The molecule has 0 aromatic heterocycles. The smallest absolute Gasteiger partial charge is 0.198 e. The van der Waals surface area contributed by atoms with Crippen LogP contribution in [0.3, 0.4) is 0 Å². The van der Waals surface area contributed by atoms with Gasteiger partial charge < -0.3 is 14.6 Å². The molecule has 1 heterocycles. The van der Waals surface area contributed by atoms with Crippen LogP contribution in [-0.2, 0) is 9.53 Å². The van der Waals surface area contributed by atoms with Crippen LogP contribution in [0.4, 0.5) is 0 Å². The minimum absolute atomic E-state index is 0.0916. The Kier molecular flexibility index (Phi) is 5.30. The summed E-state index contributed by atoms with van der Waals surface area (Å²) in [6.45, 7) is 9.25. The first-order chi connectivity index (χ1) is 13.1. The van der Waals surface area contributed by atoms with Crippen molar-refractivity contribution in [3.05, 3.63) is 58.8 Å². The molecule has 0 radical (unpaired) electrons. The summed E-state index contributed by atoms with van der Waals surface area (Å²) in [5, 5.41) is 11.6. The van der Waals surface area contributed by atoms with E-state index in [1.807, 2.05) is 49.4 Å². The summed E-state index contributed by atoms with van der Waals surface area (Å²) in [5.41, 5.74) is 0.580. The molecule has 0 atom stereocenters. The number of rotatable bonds is 4.